The van der Waals surface area contributed by atoms with Gasteiger partial charge in [-0.3, -0.25) is 14.1 Å². The van der Waals surface area contributed by atoms with Crippen LogP contribution in [0.15, 0.2) is 36.4 Å². The van der Waals surface area contributed by atoms with E-state index in [1.807, 2.05) is 36.1 Å². The van der Waals surface area contributed by atoms with E-state index in [1.165, 1.54) is 17.0 Å². The number of alkyl halides is 1. The van der Waals surface area contributed by atoms with E-state index in [4.69, 9.17) is 8.85 Å². The fourth-order valence-corrected chi connectivity index (χ4v) is 5.29. The lowest BCUT2D eigenvalue weighted by Crippen LogP contribution is -2.46. The molecule has 0 bridgehead atoms. The van der Waals surface area contributed by atoms with E-state index in [0.717, 1.165) is 22.2 Å². The van der Waals surface area contributed by atoms with Crippen molar-refractivity contribution in [2.24, 2.45) is 5.92 Å². The monoisotopic (exact) mass is 516 g/mol. The van der Waals surface area contributed by atoms with Gasteiger partial charge in [0.2, 0.25) is 0 Å². The first-order valence-electron chi connectivity index (χ1n) is 14.2. The average molecular weight is 517 g/mol. The number of rotatable bonds is 11. The largest absolute Gasteiger partial charge is 0.492 e. The van der Waals surface area contributed by atoms with Crippen molar-refractivity contribution < 1.29 is 27.5 Å². The maximum atomic E-state index is 15.8. The molecule has 0 fully saturated rings. The minimum atomic E-state index is -2.38. The van der Waals surface area contributed by atoms with Gasteiger partial charge in [0, 0.05) is 51.9 Å². The third-order valence-corrected chi connectivity index (χ3v) is 7.29. The van der Waals surface area contributed by atoms with Gasteiger partial charge in [0.15, 0.2) is 0 Å². The van der Waals surface area contributed by atoms with Crippen LogP contribution in [0, 0.1) is 18.7 Å². The Bertz CT molecular complexity index is 1350. The molecule has 1 unspecified atom stereocenters. The normalized spacial score (nSPS) is 20.3. The van der Waals surface area contributed by atoms with Crippen molar-refractivity contribution in [2.75, 3.05) is 39.9 Å². The molecule has 2 heterocycles. The molecule has 0 aliphatic carbocycles. The number of likely N-dealkylation sites (N-methyl/N-ethyl adjacent to an activating group) is 1. The van der Waals surface area contributed by atoms with Gasteiger partial charge in [-0.15, -0.1) is 0 Å². The van der Waals surface area contributed by atoms with E-state index >= 15 is 4.39 Å². The van der Waals surface area contributed by atoms with Gasteiger partial charge in [-0.2, -0.15) is 0 Å². The average Bonchev–Trinajstić information content (AvgIpc) is 3.26. The van der Waals surface area contributed by atoms with Gasteiger partial charge in [-0.05, 0) is 63.0 Å². The van der Waals surface area contributed by atoms with Crippen LogP contribution in [0.25, 0.3) is 10.9 Å². The molecule has 2 N–H and O–H groups in total. The molecule has 8 heteroatoms. The Labute approximate surface area is 221 Å². The second kappa shape index (κ2) is 11.6. The molecule has 200 valence electrons. The third kappa shape index (κ3) is 5.65. The number of H-pyrrole nitrogens is 1. The molecule has 0 amide bonds. The quantitative estimate of drug-likeness (QED) is 0.360. The second-order valence-electron chi connectivity index (χ2n) is 9.92. The Balaban J connectivity index is 1.73. The first-order chi connectivity index (χ1) is 18.9. The van der Waals surface area contributed by atoms with Gasteiger partial charge in [-0.1, -0.05) is 25.1 Å². The lowest BCUT2D eigenvalue weighted by molar-refractivity contribution is -0.142. The molecule has 1 aliphatic heterocycles. The fraction of sp³-hybridized carbons (Fsp3) is 0.483. The van der Waals surface area contributed by atoms with Crippen molar-refractivity contribution in [1.82, 2.24) is 14.8 Å². The zero-order chi connectivity index (χ0) is 29.2. The van der Waals surface area contributed by atoms with Gasteiger partial charge in [0.25, 0.3) is 0 Å². The molecule has 37 heavy (non-hydrogen) atoms. The summed E-state index contributed by atoms with van der Waals surface area (Å²) in [7, 11) is 0. The van der Waals surface area contributed by atoms with E-state index in [9.17, 15) is 14.3 Å². The summed E-state index contributed by atoms with van der Waals surface area (Å²) in [5, 5.41) is 10.7. The summed E-state index contributed by atoms with van der Waals surface area (Å²) in [6.07, 6.45) is 0.790. The number of aromatic nitrogens is 1. The standard InChI is InChI=1S/C29H37F2N3O3/c1-18(29(35)36)17-34-19(2)16-22-21-8-5-6-9-24(21)32-27(22)28(34)26-20(3)25(11-10-23(26)31)37-15-14-33(4)13-7-12-30/h5-6,8-11,18-19,28,32H,7,12-17H2,1-4H3,(H,35,36)/t18?,19-,28-/m1/s1/i4D3. The summed E-state index contributed by atoms with van der Waals surface area (Å²) in [5.41, 5.74) is 3.79. The number of aliphatic carboxylic acids is 1. The first kappa shape index (κ1) is 23.2. The number of ether oxygens (including phenoxy) is 1. The Morgan fingerprint density at radius 1 is 1.32 bits per heavy atom. The van der Waals surface area contributed by atoms with E-state index < -0.39 is 37.4 Å². The highest BCUT2D eigenvalue weighted by Gasteiger charge is 2.39. The van der Waals surface area contributed by atoms with Crippen LogP contribution in [0.3, 0.4) is 0 Å². The first-order valence-corrected chi connectivity index (χ1v) is 12.7. The number of carbonyl (C=O) groups is 1. The predicted octanol–water partition coefficient (Wildman–Crippen LogP) is 5.34. The molecule has 3 aromatic rings. The molecular formula is C29H37F2N3O3. The molecule has 4 rings (SSSR count). The number of fused-ring (bicyclic) bond motifs is 3. The number of para-hydroxylation sites is 1. The molecule has 0 saturated carbocycles. The van der Waals surface area contributed by atoms with Gasteiger partial charge in [0.1, 0.15) is 18.2 Å². The molecule has 0 saturated heterocycles. The number of carboxylic acids is 1. The summed E-state index contributed by atoms with van der Waals surface area (Å²) in [6, 6.07) is 10.1. The van der Waals surface area contributed by atoms with Crippen molar-refractivity contribution in [1.29, 1.82) is 0 Å². The number of benzene rings is 2. The van der Waals surface area contributed by atoms with Crippen LogP contribution in [0.5, 0.6) is 5.75 Å². The molecule has 3 atom stereocenters. The number of nitrogens with one attached hydrogen (secondary N) is 1. The predicted molar refractivity (Wildman–Crippen MR) is 142 cm³/mol. The zero-order valence-electron chi connectivity index (χ0n) is 24.6. The maximum absolute atomic E-state index is 15.8. The van der Waals surface area contributed by atoms with Crippen molar-refractivity contribution >= 4 is 16.9 Å². The number of hydrogen-bond donors (Lipinski definition) is 2. The highest BCUT2D eigenvalue weighted by atomic mass is 19.1. The molecule has 1 aromatic heterocycles. The molecule has 1 aliphatic rings. The van der Waals surface area contributed by atoms with Crippen molar-refractivity contribution in [3.8, 4) is 5.75 Å². The Kier molecular flexibility index (Phi) is 7.27. The van der Waals surface area contributed by atoms with E-state index in [1.54, 1.807) is 13.8 Å². The highest BCUT2D eigenvalue weighted by molar-refractivity contribution is 5.85. The number of carboxylic acid groups (broad SMARTS) is 1. The van der Waals surface area contributed by atoms with Crippen molar-refractivity contribution in [2.45, 2.75) is 45.7 Å². The SMILES string of the molecule is [2H]C([2H])([2H])N(CCCF)CCOc1ccc(F)c([C@@H]2c3[nH]c4ccccc4c3C[C@@H](C)N2CC(C)C(=O)O)c1C. The van der Waals surface area contributed by atoms with Gasteiger partial charge in [-0.25, -0.2) is 4.39 Å². The van der Waals surface area contributed by atoms with Crippen LogP contribution in [0.4, 0.5) is 8.78 Å². The molecule has 0 spiro atoms. The lowest BCUT2D eigenvalue weighted by Gasteiger charge is -2.42. The highest BCUT2D eigenvalue weighted by Crippen LogP contribution is 2.44. The molecular weight excluding hydrogens is 476 g/mol. The molecule has 6 nitrogen and oxygen atoms in total. The summed E-state index contributed by atoms with van der Waals surface area (Å²) < 4.78 is 57.6. The maximum Gasteiger partial charge on any atom is 0.307 e. The van der Waals surface area contributed by atoms with E-state index in [-0.39, 0.29) is 38.7 Å². The lowest BCUT2D eigenvalue weighted by atomic mass is 9.86. The van der Waals surface area contributed by atoms with Crippen molar-refractivity contribution in [3.05, 3.63) is 64.6 Å². The zero-order valence-corrected chi connectivity index (χ0v) is 21.6. The summed E-state index contributed by atoms with van der Waals surface area (Å²) >= 11 is 0. The van der Waals surface area contributed by atoms with E-state index in [2.05, 4.69) is 4.98 Å². The number of halogens is 2. The minimum Gasteiger partial charge on any atom is -0.492 e. The van der Waals surface area contributed by atoms with Crippen LogP contribution in [-0.2, 0) is 11.2 Å². The fourth-order valence-electron chi connectivity index (χ4n) is 5.29. The van der Waals surface area contributed by atoms with Gasteiger partial charge >= 0.3 is 5.97 Å². The van der Waals surface area contributed by atoms with Gasteiger partial charge < -0.3 is 19.7 Å². The summed E-state index contributed by atoms with van der Waals surface area (Å²) in [5.74, 6) is -1.62. The Morgan fingerprint density at radius 2 is 2.11 bits per heavy atom. The summed E-state index contributed by atoms with van der Waals surface area (Å²) in [6.45, 7) is 2.82. The number of aromatic amines is 1. The second-order valence-corrected chi connectivity index (χ2v) is 9.92. The van der Waals surface area contributed by atoms with Crippen LogP contribution in [-0.4, -0.2) is 71.8 Å². The molecule has 2 aromatic carbocycles. The third-order valence-electron chi connectivity index (χ3n) is 7.29. The Morgan fingerprint density at radius 3 is 2.84 bits per heavy atom. The van der Waals surface area contributed by atoms with Crippen LogP contribution in [0.1, 0.15) is 52.8 Å². The van der Waals surface area contributed by atoms with Crippen LogP contribution in [0.2, 0.25) is 0 Å². The smallest absolute Gasteiger partial charge is 0.307 e. The Hall–Kier alpha value is -2.97. The number of nitrogens with zero attached hydrogens (tertiary/aromatic N) is 2. The van der Waals surface area contributed by atoms with Crippen LogP contribution >= 0.6 is 0 Å². The number of hydrogen-bond acceptors (Lipinski definition) is 4. The minimum absolute atomic E-state index is 0.0229. The van der Waals surface area contributed by atoms with Crippen LogP contribution < -0.4 is 4.74 Å². The van der Waals surface area contributed by atoms with Crippen molar-refractivity contribution in [3.63, 3.8) is 0 Å². The molecule has 0 radical (unpaired) electrons. The van der Waals surface area contributed by atoms with E-state index in [0.29, 0.717) is 23.3 Å². The topological polar surface area (TPSA) is 68.8 Å². The summed E-state index contributed by atoms with van der Waals surface area (Å²) in [4.78, 5) is 18.5. The van der Waals surface area contributed by atoms with Gasteiger partial charge in [0.05, 0.1) is 18.6 Å².